The first kappa shape index (κ1) is 10.1. The van der Waals surface area contributed by atoms with Crippen molar-refractivity contribution in [3.05, 3.63) is 6.42 Å². The largest absolute Gasteiger partial charge is 0.0654 e. The molecule has 71 valence electrons. The normalized spacial score (nSPS) is 36.8. The summed E-state index contributed by atoms with van der Waals surface area (Å²) in [6.45, 7) is 7.13. The SMILES string of the molecule is CCCCC1C(C)[CH]CCC1C. The Morgan fingerprint density at radius 2 is 2.08 bits per heavy atom. The van der Waals surface area contributed by atoms with Crippen LogP contribution in [-0.2, 0) is 0 Å². The molecule has 0 heteroatoms. The Bertz CT molecular complexity index is 107. The summed E-state index contributed by atoms with van der Waals surface area (Å²) in [6, 6.07) is 0. The van der Waals surface area contributed by atoms with E-state index in [1.807, 2.05) is 0 Å². The number of unbranched alkanes of at least 4 members (excludes halogenated alkanes) is 1. The third-order valence-corrected chi connectivity index (χ3v) is 3.46. The van der Waals surface area contributed by atoms with Crippen molar-refractivity contribution in [3.63, 3.8) is 0 Å². The van der Waals surface area contributed by atoms with E-state index in [0.29, 0.717) is 0 Å². The van der Waals surface area contributed by atoms with E-state index in [1.165, 1.54) is 32.1 Å². The summed E-state index contributed by atoms with van der Waals surface area (Å²) in [5.74, 6) is 2.83. The van der Waals surface area contributed by atoms with Crippen molar-refractivity contribution >= 4 is 0 Å². The maximum absolute atomic E-state index is 2.53. The first-order valence-electron chi connectivity index (χ1n) is 5.59. The average Bonchev–Trinajstić information content (AvgIpc) is 2.04. The summed E-state index contributed by atoms with van der Waals surface area (Å²) in [5, 5.41) is 0. The molecule has 0 N–H and O–H groups in total. The molecular weight excluding hydrogens is 144 g/mol. The summed E-state index contributed by atoms with van der Waals surface area (Å²) in [4.78, 5) is 0. The molecule has 0 aliphatic heterocycles. The van der Waals surface area contributed by atoms with Gasteiger partial charge in [0.05, 0.1) is 0 Å². The molecule has 3 atom stereocenters. The second-order valence-corrected chi connectivity index (χ2v) is 4.46. The molecule has 1 rings (SSSR count). The molecule has 0 heterocycles. The molecule has 1 fully saturated rings. The van der Waals surface area contributed by atoms with Crippen LogP contribution in [0.1, 0.15) is 52.9 Å². The van der Waals surface area contributed by atoms with Gasteiger partial charge in [-0.15, -0.1) is 0 Å². The fraction of sp³-hybridized carbons (Fsp3) is 0.917. The lowest BCUT2D eigenvalue weighted by atomic mass is 9.71. The van der Waals surface area contributed by atoms with Crippen LogP contribution in [0.2, 0.25) is 0 Å². The van der Waals surface area contributed by atoms with Crippen LogP contribution in [0, 0.1) is 24.2 Å². The predicted octanol–water partition coefficient (Wildman–Crippen LogP) is 4.06. The van der Waals surface area contributed by atoms with E-state index in [1.54, 1.807) is 0 Å². The second kappa shape index (κ2) is 4.89. The maximum Gasteiger partial charge on any atom is -0.0355 e. The highest BCUT2D eigenvalue weighted by Crippen LogP contribution is 2.36. The van der Waals surface area contributed by atoms with E-state index < -0.39 is 0 Å². The third-order valence-electron chi connectivity index (χ3n) is 3.46. The van der Waals surface area contributed by atoms with Crippen LogP contribution in [0.25, 0.3) is 0 Å². The average molecular weight is 167 g/mol. The number of rotatable bonds is 3. The minimum atomic E-state index is 0.875. The van der Waals surface area contributed by atoms with Gasteiger partial charge in [0.15, 0.2) is 0 Å². The Balaban J connectivity index is 2.34. The van der Waals surface area contributed by atoms with Crippen molar-refractivity contribution in [2.45, 2.75) is 52.9 Å². The molecule has 0 aromatic rings. The minimum Gasteiger partial charge on any atom is -0.0654 e. The van der Waals surface area contributed by atoms with E-state index >= 15 is 0 Å². The molecule has 3 unspecified atom stereocenters. The summed E-state index contributed by atoms with van der Waals surface area (Å²) in [6.07, 6.45) is 9.54. The van der Waals surface area contributed by atoms with Gasteiger partial charge in [-0.2, -0.15) is 0 Å². The highest BCUT2D eigenvalue weighted by molar-refractivity contribution is 4.87. The Labute approximate surface area is 77.7 Å². The molecule has 1 saturated carbocycles. The number of hydrogen-bond acceptors (Lipinski definition) is 0. The lowest BCUT2D eigenvalue weighted by Gasteiger charge is -2.34. The lowest BCUT2D eigenvalue weighted by Crippen LogP contribution is -2.24. The molecule has 1 radical (unpaired) electrons. The minimum absolute atomic E-state index is 0.875. The first-order valence-corrected chi connectivity index (χ1v) is 5.59. The van der Waals surface area contributed by atoms with E-state index in [9.17, 15) is 0 Å². The molecule has 0 nitrogen and oxygen atoms in total. The maximum atomic E-state index is 2.53. The highest BCUT2D eigenvalue weighted by atomic mass is 14.3. The first-order chi connectivity index (χ1) is 5.75. The second-order valence-electron chi connectivity index (χ2n) is 4.46. The predicted molar refractivity (Wildman–Crippen MR) is 54.9 cm³/mol. The van der Waals surface area contributed by atoms with Gasteiger partial charge in [0.25, 0.3) is 0 Å². The third kappa shape index (κ3) is 2.50. The standard InChI is InChI=1S/C12H23/c1-4-5-9-12-10(2)7-6-8-11(12)3/h7,10-12H,4-6,8-9H2,1-3H3. The summed E-state index contributed by atoms with van der Waals surface area (Å²) in [5.41, 5.74) is 0. The van der Waals surface area contributed by atoms with Crippen LogP contribution in [0.3, 0.4) is 0 Å². The molecule has 1 aliphatic rings. The fourth-order valence-electron chi connectivity index (χ4n) is 2.52. The zero-order chi connectivity index (χ0) is 8.97. The quantitative estimate of drug-likeness (QED) is 0.594. The highest BCUT2D eigenvalue weighted by Gasteiger charge is 2.26. The van der Waals surface area contributed by atoms with Crippen molar-refractivity contribution in [1.29, 1.82) is 0 Å². The molecule has 0 saturated heterocycles. The summed E-state index contributed by atoms with van der Waals surface area (Å²) in [7, 11) is 0. The van der Waals surface area contributed by atoms with Crippen LogP contribution in [0.4, 0.5) is 0 Å². The zero-order valence-electron chi connectivity index (χ0n) is 8.84. The molecule has 1 aliphatic carbocycles. The molecular formula is C12H23. The Morgan fingerprint density at radius 1 is 1.33 bits per heavy atom. The van der Waals surface area contributed by atoms with Gasteiger partial charge in [-0.1, -0.05) is 40.0 Å². The Morgan fingerprint density at radius 3 is 2.67 bits per heavy atom. The lowest BCUT2D eigenvalue weighted by molar-refractivity contribution is 0.208. The van der Waals surface area contributed by atoms with Crippen molar-refractivity contribution in [2.24, 2.45) is 17.8 Å². The molecule has 12 heavy (non-hydrogen) atoms. The van der Waals surface area contributed by atoms with Crippen molar-refractivity contribution in [3.8, 4) is 0 Å². The topological polar surface area (TPSA) is 0 Å². The molecule has 0 aromatic heterocycles. The van der Waals surface area contributed by atoms with E-state index in [2.05, 4.69) is 27.2 Å². The van der Waals surface area contributed by atoms with Gasteiger partial charge in [-0.25, -0.2) is 0 Å². The van der Waals surface area contributed by atoms with Crippen LogP contribution >= 0.6 is 0 Å². The number of hydrogen-bond donors (Lipinski definition) is 0. The Hall–Kier alpha value is 0. The van der Waals surface area contributed by atoms with Gasteiger partial charge < -0.3 is 0 Å². The van der Waals surface area contributed by atoms with Crippen molar-refractivity contribution in [1.82, 2.24) is 0 Å². The van der Waals surface area contributed by atoms with Crippen molar-refractivity contribution < 1.29 is 0 Å². The smallest absolute Gasteiger partial charge is 0.0355 e. The molecule has 0 aromatic carbocycles. The van der Waals surface area contributed by atoms with Crippen LogP contribution in [0.5, 0.6) is 0 Å². The van der Waals surface area contributed by atoms with Crippen LogP contribution in [0.15, 0.2) is 0 Å². The zero-order valence-corrected chi connectivity index (χ0v) is 8.84. The Kier molecular flexibility index (Phi) is 4.11. The van der Waals surface area contributed by atoms with Gasteiger partial charge in [0.2, 0.25) is 0 Å². The molecule has 0 amide bonds. The summed E-state index contributed by atoms with van der Waals surface area (Å²) < 4.78 is 0. The van der Waals surface area contributed by atoms with Crippen LogP contribution in [-0.4, -0.2) is 0 Å². The summed E-state index contributed by atoms with van der Waals surface area (Å²) >= 11 is 0. The van der Waals surface area contributed by atoms with E-state index in [-0.39, 0.29) is 0 Å². The van der Waals surface area contributed by atoms with Gasteiger partial charge in [0, 0.05) is 0 Å². The molecule has 0 spiro atoms. The van der Waals surface area contributed by atoms with Crippen LogP contribution < -0.4 is 0 Å². The van der Waals surface area contributed by atoms with Gasteiger partial charge in [-0.05, 0) is 37.0 Å². The van der Waals surface area contributed by atoms with Crippen molar-refractivity contribution in [2.75, 3.05) is 0 Å². The van der Waals surface area contributed by atoms with E-state index in [4.69, 9.17) is 0 Å². The van der Waals surface area contributed by atoms with Gasteiger partial charge in [-0.3, -0.25) is 0 Å². The van der Waals surface area contributed by atoms with Gasteiger partial charge >= 0.3 is 0 Å². The molecule has 0 bridgehead atoms. The fourth-order valence-corrected chi connectivity index (χ4v) is 2.52. The monoisotopic (exact) mass is 167 g/mol. The van der Waals surface area contributed by atoms with Gasteiger partial charge in [0.1, 0.15) is 0 Å². The van der Waals surface area contributed by atoms with E-state index in [0.717, 1.165) is 17.8 Å².